The molecule has 22 heavy (non-hydrogen) atoms. The number of hydrogen-bond donors (Lipinski definition) is 0. The molecule has 4 rings (SSSR count). The zero-order valence-corrected chi connectivity index (χ0v) is 15.2. The van der Waals surface area contributed by atoms with E-state index in [0.29, 0.717) is 5.92 Å². The molecule has 2 aliphatic heterocycles. The molecule has 124 valence electrons. The van der Waals surface area contributed by atoms with E-state index in [0.717, 1.165) is 45.4 Å². The van der Waals surface area contributed by atoms with Gasteiger partial charge in [-0.25, -0.2) is 0 Å². The molecule has 3 fully saturated rings. The molecule has 4 aliphatic rings. The Labute approximate surface area is 133 Å². The Morgan fingerprint density at radius 2 is 1.82 bits per heavy atom. The number of ether oxygens (including phenoxy) is 2. The Balaban J connectivity index is 1.63. The van der Waals surface area contributed by atoms with Gasteiger partial charge < -0.3 is 13.9 Å². The van der Waals surface area contributed by atoms with E-state index in [1.807, 2.05) is 0 Å². The van der Waals surface area contributed by atoms with Crippen LogP contribution in [0.25, 0.3) is 0 Å². The Hall–Kier alpha value is -0.303. The molecule has 0 aromatic rings. The molecule has 5 nitrogen and oxygen atoms in total. The first-order valence-corrected chi connectivity index (χ1v) is 12.0. The summed E-state index contributed by atoms with van der Waals surface area (Å²) in [5.74, 6) is 0.216. The maximum atomic E-state index is 6.64. The van der Waals surface area contributed by atoms with Crippen LogP contribution < -0.4 is 0 Å². The number of rotatable bonds is 2. The van der Waals surface area contributed by atoms with E-state index in [2.05, 4.69) is 36.8 Å². The number of azo groups is 1. The SMILES string of the molecule is C[C@]1(O[Si](C)(C)C)C[C@H]2CC3(CC[C@]24CN=N[C@@H]41)OCCO3. The second kappa shape index (κ2) is 4.62. The second-order valence-electron chi connectivity index (χ2n) is 8.79. The largest absolute Gasteiger partial charge is 0.410 e. The highest BCUT2D eigenvalue weighted by Crippen LogP contribution is 2.63. The molecule has 0 unspecified atom stereocenters. The van der Waals surface area contributed by atoms with Gasteiger partial charge in [-0.15, -0.1) is 0 Å². The van der Waals surface area contributed by atoms with E-state index in [-0.39, 0.29) is 22.8 Å². The Morgan fingerprint density at radius 3 is 2.50 bits per heavy atom. The van der Waals surface area contributed by atoms with E-state index in [9.17, 15) is 0 Å². The maximum absolute atomic E-state index is 6.64. The second-order valence-corrected chi connectivity index (χ2v) is 13.2. The summed E-state index contributed by atoms with van der Waals surface area (Å²) in [6.45, 7) is 11.4. The van der Waals surface area contributed by atoms with Gasteiger partial charge in [0.15, 0.2) is 14.1 Å². The van der Waals surface area contributed by atoms with Gasteiger partial charge in [0.2, 0.25) is 0 Å². The molecule has 2 spiro atoms. The first-order valence-electron chi connectivity index (χ1n) is 8.62. The fraction of sp³-hybridized carbons (Fsp3) is 1.00. The third-order valence-electron chi connectivity index (χ3n) is 6.03. The minimum absolute atomic E-state index is 0.167. The van der Waals surface area contributed by atoms with Crippen molar-refractivity contribution in [2.24, 2.45) is 21.6 Å². The molecule has 0 N–H and O–H groups in total. The first kappa shape index (κ1) is 15.2. The van der Waals surface area contributed by atoms with E-state index in [4.69, 9.17) is 13.9 Å². The maximum Gasteiger partial charge on any atom is 0.184 e. The van der Waals surface area contributed by atoms with Crippen molar-refractivity contribution in [3.63, 3.8) is 0 Å². The molecular weight excluding hydrogens is 296 g/mol. The van der Waals surface area contributed by atoms with Crippen LogP contribution in [0.15, 0.2) is 10.2 Å². The summed E-state index contributed by atoms with van der Waals surface area (Å²) in [7, 11) is -1.63. The topological polar surface area (TPSA) is 52.4 Å². The summed E-state index contributed by atoms with van der Waals surface area (Å²) < 4.78 is 18.6. The molecule has 0 aromatic heterocycles. The summed E-state index contributed by atoms with van der Waals surface area (Å²) in [5.41, 5.74) is 0.0221. The predicted molar refractivity (Wildman–Crippen MR) is 85.4 cm³/mol. The molecule has 1 saturated heterocycles. The van der Waals surface area contributed by atoms with Crippen molar-refractivity contribution in [2.45, 2.75) is 69.7 Å². The zero-order chi connectivity index (χ0) is 15.6. The highest BCUT2D eigenvalue weighted by molar-refractivity contribution is 6.69. The summed E-state index contributed by atoms with van der Waals surface area (Å²) in [4.78, 5) is 0. The van der Waals surface area contributed by atoms with Crippen LogP contribution in [0.3, 0.4) is 0 Å². The fourth-order valence-electron chi connectivity index (χ4n) is 5.49. The van der Waals surface area contributed by atoms with Crippen molar-refractivity contribution in [2.75, 3.05) is 19.8 Å². The van der Waals surface area contributed by atoms with Crippen molar-refractivity contribution in [3.8, 4) is 0 Å². The van der Waals surface area contributed by atoms with Crippen molar-refractivity contribution < 1.29 is 13.9 Å². The van der Waals surface area contributed by atoms with Gasteiger partial charge in [-0.2, -0.15) is 10.2 Å². The van der Waals surface area contributed by atoms with Gasteiger partial charge in [-0.05, 0) is 45.3 Å². The quantitative estimate of drug-likeness (QED) is 0.732. The van der Waals surface area contributed by atoms with Gasteiger partial charge in [0.25, 0.3) is 0 Å². The lowest BCUT2D eigenvalue weighted by Crippen LogP contribution is -2.51. The van der Waals surface area contributed by atoms with Crippen molar-refractivity contribution in [1.82, 2.24) is 0 Å². The van der Waals surface area contributed by atoms with E-state index >= 15 is 0 Å². The normalized spacial score (nSPS) is 46.2. The van der Waals surface area contributed by atoms with Crippen molar-refractivity contribution in [3.05, 3.63) is 0 Å². The van der Waals surface area contributed by atoms with Gasteiger partial charge in [-0.3, -0.25) is 0 Å². The summed E-state index contributed by atoms with van der Waals surface area (Å²) >= 11 is 0. The molecule has 0 bridgehead atoms. The molecule has 2 aliphatic carbocycles. The molecule has 0 aromatic carbocycles. The summed E-state index contributed by atoms with van der Waals surface area (Å²) in [6, 6.07) is 0.218. The Bertz CT molecular complexity index is 500. The third kappa shape index (κ3) is 2.14. The summed E-state index contributed by atoms with van der Waals surface area (Å²) in [6.07, 6.45) is 4.13. The van der Waals surface area contributed by atoms with Crippen LogP contribution in [-0.2, 0) is 13.9 Å². The van der Waals surface area contributed by atoms with E-state index in [1.165, 1.54) is 0 Å². The lowest BCUT2D eigenvalue weighted by Gasteiger charge is -2.45. The van der Waals surface area contributed by atoms with Crippen molar-refractivity contribution >= 4 is 8.32 Å². The van der Waals surface area contributed by atoms with Crippen LogP contribution in [0, 0.1) is 11.3 Å². The number of hydrogen-bond acceptors (Lipinski definition) is 5. The van der Waals surface area contributed by atoms with Crippen LogP contribution in [0.5, 0.6) is 0 Å². The van der Waals surface area contributed by atoms with Crippen molar-refractivity contribution in [1.29, 1.82) is 0 Å². The minimum atomic E-state index is -1.63. The zero-order valence-electron chi connectivity index (χ0n) is 14.2. The Morgan fingerprint density at radius 1 is 1.09 bits per heavy atom. The molecule has 4 atom stereocenters. The van der Waals surface area contributed by atoms with Gasteiger partial charge >= 0.3 is 0 Å². The van der Waals surface area contributed by atoms with E-state index in [1.54, 1.807) is 0 Å². The predicted octanol–water partition coefficient (Wildman–Crippen LogP) is 3.36. The standard InChI is InChI=1S/C16H28N2O3Si/c1-14(21-22(2,3)4)9-12-10-16(19-7-8-20-16)6-5-15(12)11-17-18-13(14)15/h12-13H,5-11H2,1-4H3/t12-,13+,14-,15-/m0/s1. The van der Waals surface area contributed by atoms with Gasteiger partial charge in [0.05, 0.1) is 25.4 Å². The molecular formula is C16H28N2O3Si. The molecule has 6 heteroatoms. The van der Waals surface area contributed by atoms with Crippen LogP contribution in [0.4, 0.5) is 0 Å². The average molecular weight is 324 g/mol. The van der Waals surface area contributed by atoms with Gasteiger partial charge in [-0.1, -0.05) is 0 Å². The number of nitrogens with zero attached hydrogens (tertiary/aromatic N) is 2. The highest BCUT2D eigenvalue weighted by atomic mass is 28.4. The fourth-order valence-corrected chi connectivity index (χ4v) is 7.09. The lowest BCUT2D eigenvalue weighted by atomic mass is 9.65. The molecule has 2 saturated carbocycles. The smallest absolute Gasteiger partial charge is 0.184 e. The average Bonchev–Trinajstić information content (AvgIpc) is 3.03. The van der Waals surface area contributed by atoms with Crippen LogP contribution in [0.1, 0.15) is 32.6 Å². The highest BCUT2D eigenvalue weighted by Gasteiger charge is 2.67. The van der Waals surface area contributed by atoms with Gasteiger partial charge in [0.1, 0.15) is 6.04 Å². The van der Waals surface area contributed by atoms with E-state index < -0.39 is 8.32 Å². The molecule has 0 amide bonds. The summed E-state index contributed by atoms with van der Waals surface area (Å²) in [5, 5.41) is 9.13. The molecule has 2 heterocycles. The van der Waals surface area contributed by atoms with Crippen LogP contribution >= 0.6 is 0 Å². The lowest BCUT2D eigenvalue weighted by molar-refractivity contribution is -0.202. The van der Waals surface area contributed by atoms with Gasteiger partial charge in [0, 0.05) is 18.3 Å². The molecule has 0 radical (unpaired) electrons. The minimum Gasteiger partial charge on any atom is -0.410 e. The van der Waals surface area contributed by atoms with Crippen LogP contribution in [-0.4, -0.2) is 45.5 Å². The monoisotopic (exact) mass is 324 g/mol. The first-order chi connectivity index (χ1) is 10.3. The Kier molecular flexibility index (Phi) is 3.20. The van der Waals surface area contributed by atoms with Crippen LogP contribution in [0.2, 0.25) is 19.6 Å². The third-order valence-corrected chi connectivity index (χ3v) is 7.11.